The highest BCUT2D eigenvalue weighted by Crippen LogP contribution is 2.42. The van der Waals surface area contributed by atoms with Crippen LogP contribution in [0.2, 0.25) is 0 Å². The maximum atomic E-state index is 5.31. The van der Waals surface area contributed by atoms with Crippen molar-refractivity contribution in [3.63, 3.8) is 0 Å². The lowest BCUT2D eigenvalue weighted by atomic mass is 9.85. The number of fused-ring (bicyclic) bond motifs is 6. The second-order valence-electron chi connectivity index (χ2n) is 22.4. The summed E-state index contributed by atoms with van der Waals surface area (Å²) in [6.45, 7) is 27.6. The van der Waals surface area contributed by atoms with Gasteiger partial charge in [0.15, 0.2) is 17.5 Å². The van der Waals surface area contributed by atoms with Crippen molar-refractivity contribution in [3.05, 3.63) is 174 Å². The zero-order valence-corrected chi connectivity index (χ0v) is 40.7. The fourth-order valence-electron chi connectivity index (χ4n) is 9.39. The molecule has 0 radical (unpaired) electrons. The molecule has 10 aromatic rings. The van der Waals surface area contributed by atoms with E-state index in [1.54, 1.807) is 0 Å². The summed E-state index contributed by atoms with van der Waals surface area (Å²) in [6, 6.07) is 55.6. The van der Waals surface area contributed by atoms with Crippen molar-refractivity contribution in [2.24, 2.45) is 0 Å². The van der Waals surface area contributed by atoms with Crippen LogP contribution in [0.1, 0.15) is 105 Å². The van der Waals surface area contributed by atoms with Gasteiger partial charge in [-0.25, -0.2) is 15.0 Å². The smallest absolute Gasteiger partial charge is 0.164 e. The Bertz CT molecular complexity index is 3120. The van der Waals surface area contributed by atoms with Gasteiger partial charge in [0.1, 0.15) is 0 Å². The molecule has 0 atom stereocenters. The van der Waals surface area contributed by atoms with Crippen LogP contribution in [0.4, 0.5) is 0 Å². The first-order chi connectivity index (χ1) is 31.2. The fourth-order valence-corrected chi connectivity index (χ4v) is 9.39. The second-order valence-corrected chi connectivity index (χ2v) is 22.4. The van der Waals surface area contributed by atoms with Crippen LogP contribution >= 0.6 is 0 Å². The van der Waals surface area contributed by atoms with Gasteiger partial charge in [0.25, 0.3) is 0 Å². The molecule has 10 rings (SSSR count). The zero-order chi connectivity index (χ0) is 46.5. The third-order valence-corrected chi connectivity index (χ3v) is 13.4. The summed E-state index contributed by atoms with van der Waals surface area (Å²) >= 11 is 0. The molecule has 3 aromatic heterocycles. The highest BCUT2D eigenvalue weighted by molar-refractivity contribution is 6.11. The van der Waals surface area contributed by atoms with Gasteiger partial charge in [0.2, 0.25) is 0 Å². The monoisotopic (exact) mass is 863 g/mol. The van der Waals surface area contributed by atoms with Crippen molar-refractivity contribution in [3.8, 4) is 45.5 Å². The number of hydrogen-bond donors (Lipinski definition) is 0. The standard InChI is InChI=1S/C61H61N5/c1-58(2,3)41-23-27-51-47(33-41)48-34-42(59(4,5)6)24-28-52(48)65(51)45-31-40(57-63-55(38-19-15-13-16-20-38)62-56(64-57)39-21-17-14-18-22-39)32-46(37-45)66-53-29-25-43(60(7,8)9)35-49(53)50-36-44(61(10,11)12)26-30-54(50)66/h13-37H,1-12H3. The minimum atomic E-state index is -0.0147. The molecule has 5 nitrogen and oxygen atoms in total. The van der Waals surface area contributed by atoms with E-state index < -0.39 is 0 Å². The fraction of sp³-hybridized carbons (Fsp3) is 0.262. The molecule has 5 heteroatoms. The SMILES string of the molecule is CC(C)(C)c1ccc2c(c1)c1cc(C(C)(C)C)ccc1n2-c1cc(-c2nc(-c3ccccc3)nc(-c3ccccc3)n2)cc(-n2c3ccc(C(C)(C)C)cc3c3cc(C(C)(C)C)ccc32)c1. The third kappa shape index (κ3) is 7.68. The van der Waals surface area contributed by atoms with Gasteiger partial charge in [0, 0.05) is 49.6 Å². The van der Waals surface area contributed by atoms with Crippen LogP contribution < -0.4 is 0 Å². The Hall–Kier alpha value is -6.85. The third-order valence-electron chi connectivity index (χ3n) is 13.4. The first-order valence-corrected chi connectivity index (χ1v) is 23.4. The minimum Gasteiger partial charge on any atom is -0.309 e. The Balaban J connectivity index is 1.33. The molecule has 0 fully saturated rings. The second kappa shape index (κ2) is 15.4. The van der Waals surface area contributed by atoms with Gasteiger partial charge in [-0.1, -0.05) is 168 Å². The molecule has 0 saturated heterocycles. The normalized spacial score (nSPS) is 12.8. The largest absolute Gasteiger partial charge is 0.309 e. The average molecular weight is 864 g/mol. The van der Waals surface area contributed by atoms with E-state index in [0.29, 0.717) is 17.5 Å². The van der Waals surface area contributed by atoms with Gasteiger partial charge < -0.3 is 9.13 Å². The van der Waals surface area contributed by atoms with Gasteiger partial charge in [0.05, 0.1) is 22.1 Å². The highest BCUT2D eigenvalue weighted by Gasteiger charge is 2.25. The van der Waals surface area contributed by atoms with E-state index in [2.05, 4.69) is 207 Å². The number of hydrogen-bond acceptors (Lipinski definition) is 3. The van der Waals surface area contributed by atoms with E-state index in [0.717, 1.165) is 50.1 Å². The van der Waals surface area contributed by atoms with Crippen molar-refractivity contribution in [1.29, 1.82) is 0 Å². The molecule has 3 heterocycles. The summed E-state index contributed by atoms with van der Waals surface area (Å²) in [5, 5.41) is 4.98. The van der Waals surface area contributed by atoms with Gasteiger partial charge >= 0.3 is 0 Å². The van der Waals surface area contributed by atoms with Crippen LogP contribution in [-0.2, 0) is 21.7 Å². The minimum absolute atomic E-state index is 0.0147. The van der Waals surface area contributed by atoms with Gasteiger partial charge in [-0.3, -0.25) is 0 Å². The summed E-state index contributed by atoms with van der Waals surface area (Å²) in [5.74, 6) is 1.88. The quantitative estimate of drug-likeness (QED) is 0.173. The number of aromatic nitrogens is 5. The van der Waals surface area contributed by atoms with Crippen molar-refractivity contribution >= 4 is 43.6 Å². The lowest BCUT2D eigenvalue weighted by molar-refractivity contribution is 0.590. The van der Waals surface area contributed by atoms with Crippen LogP contribution in [-0.4, -0.2) is 24.1 Å². The lowest BCUT2D eigenvalue weighted by Crippen LogP contribution is -2.10. The van der Waals surface area contributed by atoms with Crippen molar-refractivity contribution in [2.45, 2.75) is 105 Å². The Morgan fingerprint density at radius 2 is 0.561 bits per heavy atom. The summed E-state index contributed by atoms with van der Waals surface area (Å²) < 4.78 is 4.91. The van der Waals surface area contributed by atoms with E-state index in [1.807, 2.05) is 36.4 Å². The molecular weight excluding hydrogens is 803 g/mol. The van der Waals surface area contributed by atoms with Crippen LogP contribution in [0, 0.1) is 0 Å². The van der Waals surface area contributed by atoms with E-state index in [9.17, 15) is 0 Å². The molecule has 0 amide bonds. The van der Waals surface area contributed by atoms with Gasteiger partial charge in [-0.15, -0.1) is 0 Å². The van der Waals surface area contributed by atoms with E-state index in [4.69, 9.17) is 15.0 Å². The molecule has 330 valence electrons. The molecule has 0 aliphatic rings. The van der Waals surface area contributed by atoms with Crippen molar-refractivity contribution in [2.75, 3.05) is 0 Å². The van der Waals surface area contributed by atoms with E-state index in [-0.39, 0.29) is 21.7 Å². The van der Waals surface area contributed by atoms with Crippen LogP contribution in [0.3, 0.4) is 0 Å². The molecule has 0 unspecified atom stereocenters. The predicted octanol–water partition coefficient (Wildman–Crippen LogP) is 16.3. The Labute approximate surface area is 390 Å². The first-order valence-electron chi connectivity index (χ1n) is 23.4. The molecule has 0 saturated carbocycles. The molecular formula is C61H61N5. The van der Waals surface area contributed by atoms with Crippen LogP contribution in [0.5, 0.6) is 0 Å². The summed E-state index contributed by atoms with van der Waals surface area (Å²) in [6.07, 6.45) is 0. The lowest BCUT2D eigenvalue weighted by Gasteiger charge is -2.20. The predicted molar refractivity (Wildman–Crippen MR) is 280 cm³/mol. The maximum absolute atomic E-state index is 5.31. The highest BCUT2D eigenvalue weighted by atomic mass is 15.0. The molecule has 0 aliphatic heterocycles. The van der Waals surface area contributed by atoms with Crippen molar-refractivity contribution < 1.29 is 0 Å². The number of rotatable bonds is 5. The summed E-state index contributed by atoms with van der Waals surface area (Å²) in [5.41, 5.74) is 14.7. The molecule has 0 N–H and O–H groups in total. The Morgan fingerprint density at radius 3 is 0.833 bits per heavy atom. The Kier molecular flexibility index (Phi) is 10.0. The van der Waals surface area contributed by atoms with Crippen LogP contribution in [0.15, 0.2) is 152 Å². The van der Waals surface area contributed by atoms with Crippen molar-refractivity contribution in [1.82, 2.24) is 24.1 Å². The molecule has 0 aliphatic carbocycles. The zero-order valence-electron chi connectivity index (χ0n) is 40.7. The summed E-state index contributed by atoms with van der Waals surface area (Å²) in [7, 11) is 0. The van der Waals surface area contributed by atoms with Crippen LogP contribution in [0.25, 0.3) is 89.2 Å². The summed E-state index contributed by atoms with van der Waals surface area (Å²) in [4.78, 5) is 15.7. The number of nitrogens with zero attached hydrogens (tertiary/aromatic N) is 5. The molecule has 0 bridgehead atoms. The molecule has 0 spiro atoms. The maximum Gasteiger partial charge on any atom is 0.164 e. The van der Waals surface area contributed by atoms with Gasteiger partial charge in [-0.2, -0.15) is 0 Å². The first kappa shape index (κ1) is 43.1. The van der Waals surface area contributed by atoms with Gasteiger partial charge in [-0.05, 0) is 111 Å². The Morgan fingerprint density at radius 1 is 0.288 bits per heavy atom. The average Bonchev–Trinajstić information content (AvgIpc) is 3.80. The van der Waals surface area contributed by atoms with E-state index in [1.165, 1.54) is 43.8 Å². The molecule has 66 heavy (non-hydrogen) atoms. The molecule has 7 aromatic carbocycles. The number of benzene rings is 7. The topological polar surface area (TPSA) is 48.5 Å². The van der Waals surface area contributed by atoms with E-state index >= 15 is 0 Å².